The number of anilines is 1. The number of hydrogen-bond donors (Lipinski definition) is 1. The van der Waals surface area contributed by atoms with Crippen molar-refractivity contribution in [2.45, 2.75) is 39.7 Å². The first-order valence-corrected chi connectivity index (χ1v) is 7.24. The number of pyridine rings is 1. The van der Waals surface area contributed by atoms with Gasteiger partial charge in [0.05, 0.1) is 0 Å². The minimum Gasteiger partial charge on any atom is -0.356 e. The van der Waals surface area contributed by atoms with E-state index < -0.39 is 0 Å². The summed E-state index contributed by atoms with van der Waals surface area (Å²) in [6, 6.07) is 4.23. The quantitative estimate of drug-likeness (QED) is 0.716. The number of aromatic nitrogens is 1. The number of hydrogen-bond acceptors (Lipinski definition) is 3. The Kier molecular flexibility index (Phi) is 5.00. The van der Waals surface area contributed by atoms with Crippen LogP contribution in [0.2, 0.25) is 0 Å². The SMILES string of the molecule is CCCNCc1cccnc1N(CC)CC1CC1. The Hall–Kier alpha value is -1.09. The fraction of sp³-hybridized carbons (Fsp3) is 0.667. The first-order chi connectivity index (χ1) is 8.85. The Morgan fingerprint density at radius 2 is 2.22 bits per heavy atom. The monoisotopic (exact) mass is 247 g/mol. The van der Waals surface area contributed by atoms with Crippen molar-refractivity contribution in [1.29, 1.82) is 0 Å². The Labute approximate surface area is 111 Å². The van der Waals surface area contributed by atoms with Crippen LogP contribution in [0.4, 0.5) is 5.82 Å². The van der Waals surface area contributed by atoms with Gasteiger partial charge in [-0.2, -0.15) is 0 Å². The highest BCUT2D eigenvalue weighted by atomic mass is 15.2. The lowest BCUT2D eigenvalue weighted by Crippen LogP contribution is -2.28. The normalized spacial score (nSPS) is 14.8. The molecule has 0 unspecified atom stereocenters. The largest absolute Gasteiger partial charge is 0.356 e. The third-order valence-electron chi connectivity index (χ3n) is 3.47. The van der Waals surface area contributed by atoms with E-state index >= 15 is 0 Å². The molecule has 0 radical (unpaired) electrons. The van der Waals surface area contributed by atoms with Crippen LogP contribution in [-0.4, -0.2) is 24.6 Å². The van der Waals surface area contributed by atoms with Gasteiger partial charge in [-0.05, 0) is 44.7 Å². The average Bonchev–Trinajstić information content (AvgIpc) is 3.21. The summed E-state index contributed by atoms with van der Waals surface area (Å²) in [5.74, 6) is 2.08. The fourth-order valence-electron chi connectivity index (χ4n) is 2.23. The predicted octanol–water partition coefficient (Wildman–Crippen LogP) is 2.82. The van der Waals surface area contributed by atoms with Crippen molar-refractivity contribution in [3.8, 4) is 0 Å². The molecular weight excluding hydrogens is 222 g/mol. The predicted molar refractivity (Wildman–Crippen MR) is 76.8 cm³/mol. The van der Waals surface area contributed by atoms with Gasteiger partial charge in [-0.25, -0.2) is 4.98 Å². The summed E-state index contributed by atoms with van der Waals surface area (Å²) in [4.78, 5) is 7.03. The average molecular weight is 247 g/mol. The van der Waals surface area contributed by atoms with E-state index in [2.05, 4.69) is 35.1 Å². The lowest BCUT2D eigenvalue weighted by atomic mass is 10.2. The lowest BCUT2D eigenvalue weighted by molar-refractivity contribution is 0.665. The summed E-state index contributed by atoms with van der Waals surface area (Å²) in [6.07, 6.45) is 5.88. The molecule has 1 heterocycles. The van der Waals surface area contributed by atoms with Crippen LogP contribution in [0.1, 0.15) is 38.7 Å². The molecule has 3 nitrogen and oxygen atoms in total. The van der Waals surface area contributed by atoms with E-state index in [0.29, 0.717) is 0 Å². The summed E-state index contributed by atoms with van der Waals surface area (Å²) in [5, 5.41) is 3.47. The summed E-state index contributed by atoms with van der Waals surface area (Å²) < 4.78 is 0. The van der Waals surface area contributed by atoms with Crippen molar-refractivity contribution in [3.05, 3.63) is 23.9 Å². The van der Waals surface area contributed by atoms with E-state index in [-0.39, 0.29) is 0 Å². The van der Waals surface area contributed by atoms with Crippen LogP contribution in [0.3, 0.4) is 0 Å². The van der Waals surface area contributed by atoms with Gasteiger partial charge in [0.2, 0.25) is 0 Å². The second-order valence-electron chi connectivity index (χ2n) is 5.14. The highest BCUT2D eigenvalue weighted by Gasteiger charge is 2.25. The molecule has 3 heteroatoms. The van der Waals surface area contributed by atoms with Crippen LogP contribution in [-0.2, 0) is 6.54 Å². The maximum Gasteiger partial charge on any atom is 0.133 e. The molecular formula is C15H25N3. The molecule has 0 amide bonds. The summed E-state index contributed by atoms with van der Waals surface area (Å²) >= 11 is 0. The summed E-state index contributed by atoms with van der Waals surface area (Å²) in [7, 11) is 0. The molecule has 1 aliphatic carbocycles. The minimum absolute atomic E-state index is 0.906. The van der Waals surface area contributed by atoms with Gasteiger partial charge in [0.15, 0.2) is 0 Å². The van der Waals surface area contributed by atoms with Gasteiger partial charge in [-0.15, -0.1) is 0 Å². The van der Waals surface area contributed by atoms with Crippen molar-refractivity contribution in [1.82, 2.24) is 10.3 Å². The van der Waals surface area contributed by atoms with Gasteiger partial charge < -0.3 is 10.2 Å². The lowest BCUT2D eigenvalue weighted by Gasteiger charge is -2.24. The zero-order valence-electron chi connectivity index (χ0n) is 11.7. The molecule has 100 valence electrons. The van der Waals surface area contributed by atoms with Crippen molar-refractivity contribution in [3.63, 3.8) is 0 Å². The highest BCUT2D eigenvalue weighted by Crippen LogP contribution is 2.31. The number of nitrogens with one attached hydrogen (secondary N) is 1. The van der Waals surface area contributed by atoms with E-state index in [0.717, 1.165) is 25.6 Å². The van der Waals surface area contributed by atoms with Crippen molar-refractivity contribution >= 4 is 5.82 Å². The second kappa shape index (κ2) is 6.74. The Bertz CT molecular complexity index is 361. The molecule has 2 rings (SSSR count). The maximum absolute atomic E-state index is 4.60. The highest BCUT2D eigenvalue weighted by molar-refractivity contribution is 5.46. The van der Waals surface area contributed by atoms with E-state index in [1.807, 2.05) is 12.3 Å². The van der Waals surface area contributed by atoms with Crippen LogP contribution in [0, 0.1) is 5.92 Å². The van der Waals surface area contributed by atoms with Crippen LogP contribution >= 0.6 is 0 Å². The molecule has 0 spiro atoms. The summed E-state index contributed by atoms with van der Waals surface area (Å²) in [5.41, 5.74) is 1.33. The molecule has 1 saturated carbocycles. The van der Waals surface area contributed by atoms with Crippen LogP contribution in [0.5, 0.6) is 0 Å². The molecule has 1 aromatic heterocycles. The van der Waals surface area contributed by atoms with E-state index in [1.54, 1.807) is 0 Å². The molecule has 0 aliphatic heterocycles. The van der Waals surface area contributed by atoms with Crippen LogP contribution in [0.25, 0.3) is 0 Å². The molecule has 0 bridgehead atoms. The fourth-order valence-corrected chi connectivity index (χ4v) is 2.23. The van der Waals surface area contributed by atoms with Crippen LogP contribution in [0.15, 0.2) is 18.3 Å². The molecule has 1 aromatic rings. The van der Waals surface area contributed by atoms with Gasteiger partial charge >= 0.3 is 0 Å². The standard InChI is InChI=1S/C15H25N3/c1-3-9-16-11-14-6-5-10-17-15(14)18(4-2)12-13-7-8-13/h5-6,10,13,16H,3-4,7-9,11-12H2,1-2H3. The topological polar surface area (TPSA) is 28.2 Å². The maximum atomic E-state index is 4.60. The van der Waals surface area contributed by atoms with Crippen molar-refractivity contribution in [2.24, 2.45) is 5.92 Å². The Morgan fingerprint density at radius 1 is 1.39 bits per heavy atom. The molecule has 18 heavy (non-hydrogen) atoms. The number of rotatable bonds is 8. The van der Waals surface area contributed by atoms with Crippen LogP contribution < -0.4 is 10.2 Å². The molecule has 0 aromatic carbocycles. The first-order valence-electron chi connectivity index (χ1n) is 7.24. The molecule has 1 fully saturated rings. The van der Waals surface area contributed by atoms with Gasteiger partial charge in [0.1, 0.15) is 5.82 Å². The van der Waals surface area contributed by atoms with E-state index in [4.69, 9.17) is 0 Å². The second-order valence-corrected chi connectivity index (χ2v) is 5.14. The van der Waals surface area contributed by atoms with Gasteiger partial charge in [-0.3, -0.25) is 0 Å². The third kappa shape index (κ3) is 3.70. The van der Waals surface area contributed by atoms with Gasteiger partial charge in [-0.1, -0.05) is 13.0 Å². The summed E-state index contributed by atoms with van der Waals surface area (Å²) in [6.45, 7) is 8.65. The van der Waals surface area contributed by atoms with Crippen molar-refractivity contribution in [2.75, 3.05) is 24.5 Å². The zero-order valence-corrected chi connectivity index (χ0v) is 11.7. The van der Waals surface area contributed by atoms with Crippen molar-refractivity contribution < 1.29 is 0 Å². The van der Waals surface area contributed by atoms with E-state index in [9.17, 15) is 0 Å². The third-order valence-corrected chi connectivity index (χ3v) is 3.47. The zero-order chi connectivity index (χ0) is 12.8. The Morgan fingerprint density at radius 3 is 2.89 bits per heavy atom. The minimum atomic E-state index is 0.906. The first kappa shape index (κ1) is 13.3. The van der Waals surface area contributed by atoms with Gasteiger partial charge in [0.25, 0.3) is 0 Å². The Balaban J connectivity index is 2.03. The molecule has 1 N–H and O–H groups in total. The van der Waals surface area contributed by atoms with Gasteiger partial charge in [0, 0.05) is 31.4 Å². The smallest absolute Gasteiger partial charge is 0.133 e. The molecule has 0 atom stereocenters. The number of nitrogens with zero attached hydrogens (tertiary/aromatic N) is 2. The molecule has 0 saturated heterocycles. The van der Waals surface area contributed by atoms with E-state index in [1.165, 1.54) is 37.2 Å². The molecule has 1 aliphatic rings.